The zero-order valence-electron chi connectivity index (χ0n) is 13.4. The van der Waals surface area contributed by atoms with Gasteiger partial charge in [-0.15, -0.1) is 0 Å². The zero-order chi connectivity index (χ0) is 18.0. The summed E-state index contributed by atoms with van der Waals surface area (Å²) in [5.74, 6) is -2.27. The maximum atomic E-state index is 13.6. The Bertz CT molecular complexity index is 958. The Labute approximate surface area is 143 Å². The normalized spacial score (nSPS) is 11.9. The average molecular weight is 338 g/mol. The van der Waals surface area contributed by atoms with Crippen molar-refractivity contribution in [2.24, 2.45) is 0 Å². The Morgan fingerprint density at radius 2 is 1.84 bits per heavy atom. The number of aliphatic carboxylic acids is 1. The zero-order valence-corrected chi connectivity index (χ0v) is 13.4. The number of hydrogen-bond acceptors (Lipinski definition) is 3. The van der Waals surface area contributed by atoms with Crippen LogP contribution in [-0.4, -0.2) is 22.0 Å². The molecule has 1 atom stereocenters. The van der Waals surface area contributed by atoms with Crippen molar-refractivity contribution in [2.45, 2.75) is 13.0 Å². The Morgan fingerprint density at radius 1 is 1.12 bits per heavy atom. The van der Waals surface area contributed by atoms with Crippen LogP contribution in [0, 0.1) is 12.7 Å². The van der Waals surface area contributed by atoms with Crippen molar-refractivity contribution in [3.05, 3.63) is 77.2 Å². The van der Waals surface area contributed by atoms with Crippen LogP contribution in [0.4, 0.5) is 4.39 Å². The molecule has 0 aliphatic carbocycles. The fourth-order valence-corrected chi connectivity index (χ4v) is 2.66. The van der Waals surface area contributed by atoms with E-state index in [9.17, 15) is 19.1 Å². The summed E-state index contributed by atoms with van der Waals surface area (Å²) in [7, 11) is 0. The molecule has 1 heterocycles. The van der Waals surface area contributed by atoms with E-state index in [0.717, 1.165) is 0 Å². The molecule has 0 bridgehead atoms. The summed E-state index contributed by atoms with van der Waals surface area (Å²) in [6, 6.07) is 12.7. The molecule has 0 unspecified atom stereocenters. The quantitative estimate of drug-likeness (QED) is 0.765. The number of rotatable bonds is 4. The topological polar surface area (TPSA) is 79.3 Å². The second kappa shape index (κ2) is 6.68. The molecule has 0 fully saturated rings. The van der Waals surface area contributed by atoms with Gasteiger partial charge in [0.05, 0.1) is 11.1 Å². The highest BCUT2D eigenvalue weighted by Crippen LogP contribution is 2.21. The monoisotopic (exact) mass is 338 g/mol. The highest BCUT2D eigenvalue weighted by atomic mass is 19.1. The Balaban J connectivity index is 2.01. The number of aromatic nitrogens is 1. The van der Waals surface area contributed by atoms with Gasteiger partial charge in [0.2, 0.25) is 0 Å². The largest absolute Gasteiger partial charge is 0.479 e. The van der Waals surface area contributed by atoms with Crippen LogP contribution in [0.5, 0.6) is 0 Å². The number of hydrogen-bond donors (Lipinski definition) is 2. The van der Waals surface area contributed by atoms with Crippen LogP contribution in [0.15, 0.2) is 54.6 Å². The number of benzene rings is 2. The predicted molar refractivity (Wildman–Crippen MR) is 90.7 cm³/mol. The number of nitrogens with zero attached hydrogens (tertiary/aromatic N) is 1. The molecule has 0 saturated heterocycles. The van der Waals surface area contributed by atoms with E-state index >= 15 is 0 Å². The van der Waals surface area contributed by atoms with Crippen molar-refractivity contribution in [1.29, 1.82) is 0 Å². The predicted octanol–water partition coefficient (Wildman–Crippen LogP) is 3.24. The second-order valence-electron chi connectivity index (χ2n) is 5.63. The molecule has 2 aromatic carbocycles. The average Bonchev–Trinajstić information content (AvgIpc) is 2.59. The van der Waals surface area contributed by atoms with E-state index in [1.54, 1.807) is 37.3 Å². The van der Waals surface area contributed by atoms with E-state index < -0.39 is 23.7 Å². The van der Waals surface area contributed by atoms with E-state index in [1.807, 2.05) is 0 Å². The van der Waals surface area contributed by atoms with E-state index in [2.05, 4.69) is 10.3 Å². The van der Waals surface area contributed by atoms with Gasteiger partial charge in [-0.25, -0.2) is 9.18 Å². The first kappa shape index (κ1) is 16.6. The molecule has 25 heavy (non-hydrogen) atoms. The number of carbonyl (C=O) groups is 2. The van der Waals surface area contributed by atoms with Crippen molar-refractivity contribution in [2.75, 3.05) is 0 Å². The first-order chi connectivity index (χ1) is 12.0. The number of carboxylic acids is 1. The third-order valence-corrected chi connectivity index (χ3v) is 3.80. The van der Waals surface area contributed by atoms with Gasteiger partial charge in [0, 0.05) is 11.1 Å². The summed E-state index contributed by atoms with van der Waals surface area (Å²) in [4.78, 5) is 28.5. The first-order valence-electron chi connectivity index (χ1n) is 7.61. The lowest BCUT2D eigenvalue weighted by atomic mass is 10.0. The highest BCUT2D eigenvalue weighted by molar-refractivity contribution is 6.07. The Hall–Kier alpha value is -3.28. The Morgan fingerprint density at radius 3 is 2.52 bits per heavy atom. The number of halogens is 1. The molecular formula is C19H15FN2O3. The summed E-state index contributed by atoms with van der Waals surface area (Å²) in [6.45, 7) is 1.71. The van der Waals surface area contributed by atoms with Crippen molar-refractivity contribution < 1.29 is 19.1 Å². The molecule has 1 amide bonds. The summed E-state index contributed by atoms with van der Waals surface area (Å²) >= 11 is 0. The molecule has 6 heteroatoms. The molecule has 1 aromatic heterocycles. The number of carbonyl (C=O) groups excluding carboxylic acids is 1. The molecule has 0 radical (unpaired) electrons. The summed E-state index contributed by atoms with van der Waals surface area (Å²) in [6.07, 6.45) is 0. The summed E-state index contributed by atoms with van der Waals surface area (Å²) in [5.41, 5.74) is 1.68. The fraction of sp³-hybridized carbons (Fsp3) is 0.105. The first-order valence-corrected chi connectivity index (χ1v) is 7.61. The third-order valence-electron chi connectivity index (χ3n) is 3.80. The van der Waals surface area contributed by atoms with Crippen LogP contribution in [0.2, 0.25) is 0 Å². The van der Waals surface area contributed by atoms with E-state index in [-0.39, 0.29) is 5.56 Å². The standard InChI is InChI=1S/C19H15FN2O3/c1-11-9-15(14-10-13(20)7-8-16(14)21-11)18(23)22-17(19(24)25)12-5-3-2-4-6-12/h2-10,17H,1H3,(H,22,23)(H,24,25)/t17-/m0/s1. The van der Waals surface area contributed by atoms with E-state index in [0.29, 0.717) is 22.2 Å². The lowest BCUT2D eigenvalue weighted by molar-refractivity contribution is -0.139. The second-order valence-corrected chi connectivity index (χ2v) is 5.63. The van der Waals surface area contributed by atoms with Crippen LogP contribution in [0.1, 0.15) is 27.7 Å². The number of amides is 1. The number of fused-ring (bicyclic) bond motifs is 1. The molecule has 3 aromatic rings. The van der Waals surface area contributed by atoms with Crippen molar-refractivity contribution >= 4 is 22.8 Å². The molecule has 5 nitrogen and oxygen atoms in total. The van der Waals surface area contributed by atoms with Gasteiger partial charge in [-0.05, 0) is 36.8 Å². The number of carboxylic acid groups (broad SMARTS) is 1. The van der Waals surface area contributed by atoms with Crippen molar-refractivity contribution in [3.8, 4) is 0 Å². The lowest BCUT2D eigenvalue weighted by Gasteiger charge is -2.16. The van der Waals surface area contributed by atoms with E-state index in [1.165, 1.54) is 24.3 Å². The molecule has 0 spiro atoms. The van der Waals surface area contributed by atoms with Gasteiger partial charge in [0.15, 0.2) is 6.04 Å². The summed E-state index contributed by atoms with van der Waals surface area (Å²) in [5, 5.41) is 12.3. The van der Waals surface area contributed by atoms with Crippen LogP contribution < -0.4 is 5.32 Å². The Kier molecular flexibility index (Phi) is 4.43. The van der Waals surface area contributed by atoms with Crippen molar-refractivity contribution in [3.63, 3.8) is 0 Å². The van der Waals surface area contributed by atoms with Gasteiger partial charge in [0.1, 0.15) is 5.82 Å². The lowest BCUT2D eigenvalue weighted by Crippen LogP contribution is -2.34. The smallest absolute Gasteiger partial charge is 0.330 e. The molecule has 126 valence electrons. The minimum atomic E-state index is -1.20. The molecule has 2 N–H and O–H groups in total. The molecular weight excluding hydrogens is 323 g/mol. The van der Waals surface area contributed by atoms with Crippen LogP contribution in [0.3, 0.4) is 0 Å². The van der Waals surface area contributed by atoms with Crippen LogP contribution in [-0.2, 0) is 4.79 Å². The molecule has 0 saturated carbocycles. The van der Waals surface area contributed by atoms with Crippen LogP contribution >= 0.6 is 0 Å². The highest BCUT2D eigenvalue weighted by Gasteiger charge is 2.23. The number of pyridine rings is 1. The number of aryl methyl sites for hydroxylation is 1. The van der Waals surface area contributed by atoms with Gasteiger partial charge >= 0.3 is 5.97 Å². The minimum absolute atomic E-state index is 0.184. The SMILES string of the molecule is Cc1cc(C(=O)N[C@H](C(=O)O)c2ccccc2)c2cc(F)ccc2n1. The van der Waals surface area contributed by atoms with Gasteiger partial charge in [-0.2, -0.15) is 0 Å². The van der Waals surface area contributed by atoms with Gasteiger partial charge in [-0.3, -0.25) is 9.78 Å². The molecule has 3 rings (SSSR count). The van der Waals surface area contributed by atoms with Crippen LogP contribution in [0.25, 0.3) is 10.9 Å². The third kappa shape index (κ3) is 3.47. The van der Waals surface area contributed by atoms with Gasteiger partial charge in [-0.1, -0.05) is 30.3 Å². The molecule has 0 aliphatic rings. The van der Waals surface area contributed by atoms with E-state index in [4.69, 9.17) is 0 Å². The molecule has 0 aliphatic heterocycles. The maximum Gasteiger partial charge on any atom is 0.330 e. The maximum absolute atomic E-state index is 13.6. The van der Waals surface area contributed by atoms with Gasteiger partial charge < -0.3 is 10.4 Å². The summed E-state index contributed by atoms with van der Waals surface area (Å²) < 4.78 is 13.6. The van der Waals surface area contributed by atoms with Gasteiger partial charge in [0.25, 0.3) is 5.91 Å². The minimum Gasteiger partial charge on any atom is -0.479 e. The fourth-order valence-electron chi connectivity index (χ4n) is 2.66. The van der Waals surface area contributed by atoms with Crippen molar-refractivity contribution in [1.82, 2.24) is 10.3 Å². The number of nitrogens with one attached hydrogen (secondary N) is 1.